The molecule has 4 heterocycles. The summed E-state index contributed by atoms with van der Waals surface area (Å²) in [5, 5.41) is 1.73. The van der Waals surface area contributed by atoms with E-state index in [9.17, 15) is 4.79 Å². The summed E-state index contributed by atoms with van der Waals surface area (Å²) >= 11 is 1.37. The fraction of sp³-hybridized carbons (Fsp3) is 0.111. The van der Waals surface area contributed by atoms with Crippen LogP contribution in [0.3, 0.4) is 0 Å². The lowest BCUT2D eigenvalue weighted by Crippen LogP contribution is -2.16. The van der Waals surface area contributed by atoms with Crippen LogP contribution in [0.2, 0.25) is 0 Å². The van der Waals surface area contributed by atoms with E-state index < -0.39 is 0 Å². The van der Waals surface area contributed by atoms with E-state index >= 15 is 0 Å². The van der Waals surface area contributed by atoms with Crippen molar-refractivity contribution < 1.29 is 14.2 Å². The van der Waals surface area contributed by atoms with Crippen LogP contribution >= 0.6 is 11.3 Å². The van der Waals surface area contributed by atoms with Crippen molar-refractivity contribution in [2.24, 2.45) is 0 Å². The van der Waals surface area contributed by atoms with Crippen molar-refractivity contribution >= 4 is 31.6 Å². The van der Waals surface area contributed by atoms with Crippen molar-refractivity contribution in [1.82, 2.24) is 9.55 Å². The molecule has 1 aromatic carbocycles. The minimum absolute atomic E-state index is 0.0959. The van der Waals surface area contributed by atoms with Gasteiger partial charge in [0.1, 0.15) is 15.3 Å². The standard InChI is InChI=1S/C18H12N2O4S/c1-22-13-4-6-19-17-15(13)11-5-7-20(18(21)16(11)25-17)10-2-3-12-14(8-10)24-9-23-12/h2-8H,9H2,1H3. The largest absolute Gasteiger partial charge is 0.496 e. The van der Waals surface area contributed by atoms with Crippen molar-refractivity contribution in [2.45, 2.75) is 0 Å². The molecule has 4 aromatic rings. The molecule has 0 atom stereocenters. The molecule has 3 aromatic heterocycles. The normalized spacial score (nSPS) is 12.8. The number of fused-ring (bicyclic) bond motifs is 4. The molecule has 0 N–H and O–H groups in total. The topological polar surface area (TPSA) is 62.6 Å². The monoisotopic (exact) mass is 352 g/mol. The highest BCUT2D eigenvalue weighted by Crippen LogP contribution is 2.37. The highest BCUT2D eigenvalue weighted by Gasteiger charge is 2.17. The van der Waals surface area contributed by atoms with Gasteiger partial charge in [-0.3, -0.25) is 9.36 Å². The van der Waals surface area contributed by atoms with Crippen molar-refractivity contribution in [2.75, 3.05) is 13.9 Å². The van der Waals surface area contributed by atoms with E-state index in [0.29, 0.717) is 16.2 Å². The van der Waals surface area contributed by atoms with Crippen molar-refractivity contribution in [3.8, 4) is 22.9 Å². The fourth-order valence-electron chi connectivity index (χ4n) is 3.07. The molecule has 124 valence electrons. The van der Waals surface area contributed by atoms with Gasteiger partial charge >= 0.3 is 0 Å². The van der Waals surface area contributed by atoms with Crippen LogP contribution in [0.4, 0.5) is 0 Å². The maximum Gasteiger partial charge on any atom is 0.273 e. The Kier molecular flexibility index (Phi) is 2.98. The van der Waals surface area contributed by atoms with Gasteiger partial charge in [-0.05, 0) is 24.3 Å². The average Bonchev–Trinajstić information content (AvgIpc) is 3.25. The van der Waals surface area contributed by atoms with Crippen molar-refractivity contribution in [3.05, 3.63) is 53.1 Å². The summed E-state index contributed by atoms with van der Waals surface area (Å²) in [6.45, 7) is 0.203. The van der Waals surface area contributed by atoms with Crippen LogP contribution in [0, 0.1) is 0 Å². The predicted molar refractivity (Wildman–Crippen MR) is 95.4 cm³/mol. The number of hydrogen-bond acceptors (Lipinski definition) is 6. The molecule has 25 heavy (non-hydrogen) atoms. The van der Waals surface area contributed by atoms with Gasteiger partial charge in [0, 0.05) is 23.8 Å². The highest BCUT2D eigenvalue weighted by atomic mass is 32.1. The lowest BCUT2D eigenvalue weighted by molar-refractivity contribution is 0.174. The fourth-order valence-corrected chi connectivity index (χ4v) is 4.15. The second-order valence-electron chi connectivity index (χ2n) is 5.57. The Balaban J connectivity index is 1.77. The number of rotatable bonds is 2. The zero-order chi connectivity index (χ0) is 17.0. The second kappa shape index (κ2) is 5.22. The van der Waals surface area contributed by atoms with Crippen molar-refractivity contribution in [3.63, 3.8) is 0 Å². The molecule has 0 bridgehead atoms. The van der Waals surface area contributed by atoms with Crippen LogP contribution in [0.5, 0.6) is 17.2 Å². The number of aromatic nitrogens is 2. The van der Waals surface area contributed by atoms with Gasteiger partial charge in [0.25, 0.3) is 5.56 Å². The third kappa shape index (κ3) is 2.02. The summed E-state index contributed by atoms with van der Waals surface area (Å²) in [4.78, 5) is 18.2. The predicted octanol–water partition coefficient (Wildman–Crippen LogP) is 3.34. The number of ether oxygens (including phenoxy) is 3. The number of pyridine rings is 2. The lowest BCUT2D eigenvalue weighted by Gasteiger charge is -2.07. The molecule has 0 saturated heterocycles. The minimum atomic E-state index is -0.0959. The molecule has 0 spiro atoms. The number of hydrogen-bond donors (Lipinski definition) is 0. The first-order chi connectivity index (χ1) is 12.3. The number of thiophene rings is 1. The van der Waals surface area contributed by atoms with Gasteiger partial charge in [-0.2, -0.15) is 0 Å². The van der Waals surface area contributed by atoms with Gasteiger partial charge < -0.3 is 14.2 Å². The second-order valence-corrected chi connectivity index (χ2v) is 6.57. The molecule has 1 aliphatic heterocycles. The molecule has 0 fully saturated rings. The Labute approximate surface area is 145 Å². The van der Waals surface area contributed by atoms with Crippen LogP contribution in [0.1, 0.15) is 0 Å². The van der Waals surface area contributed by atoms with Crippen LogP contribution in [-0.4, -0.2) is 23.5 Å². The Morgan fingerprint density at radius 1 is 1.20 bits per heavy atom. The van der Waals surface area contributed by atoms with E-state index in [-0.39, 0.29) is 12.4 Å². The summed E-state index contributed by atoms with van der Waals surface area (Å²) < 4.78 is 18.4. The van der Waals surface area contributed by atoms with E-state index in [1.165, 1.54) is 11.3 Å². The van der Waals surface area contributed by atoms with E-state index in [2.05, 4.69) is 4.98 Å². The molecule has 0 aliphatic carbocycles. The van der Waals surface area contributed by atoms with Gasteiger partial charge in [-0.1, -0.05) is 0 Å². The molecule has 0 radical (unpaired) electrons. The Bertz CT molecular complexity index is 1200. The van der Waals surface area contributed by atoms with Gasteiger partial charge in [0.15, 0.2) is 11.5 Å². The van der Waals surface area contributed by atoms with E-state index in [4.69, 9.17) is 14.2 Å². The van der Waals surface area contributed by atoms with E-state index in [1.54, 1.807) is 30.1 Å². The van der Waals surface area contributed by atoms with Gasteiger partial charge in [0.2, 0.25) is 6.79 Å². The first-order valence-corrected chi connectivity index (χ1v) is 8.45. The van der Waals surface area contributed by atoms with Crippen LogP contribution in [-0.2, 0) is 0 Å². The smallest absolute Gasteiger partial charge is 0.273 e. The van der Waals surface area contributed by atoms with Crippen LogP contribution < -0.4 is 19.8 Å². The van der Waals surface area contributed by atoms with Gasteiger partial charge in [-0.25, -0.2) is 4.98 Å². The quantitative estimate of drug-likeness (QED) is 0.554. The summed E-state index contributed by atoms with van der Waals surface area (Å²) in [7, 11) is 1.62. The number of benzene rings is 1. The van der Waals surface area contributed by atoms with Gasteiger partial charge in [0.05, 0.1) is 18.2 Å². The maximum atomic E-state index is 13.0. The first-order valence-electron chi connectivity index (χ1n) is 7.63. The Morgan fingerprint density at radius 3 is 2.96 bits per heavy atom. The third-order valence-electron chi connectivity index (χ3n) is 4.25. The molecule has 7 heteroatoms. The van der Waals surface area contributed by atoms with Gasteiger partial charge in [-0.15, -0.1) is 11.3 Å². The first kappa shape index (κ1) is 14.3. The molecule has 5 rings (SSSR count). The van der Waals surface area contributed by atoms with Crippen LogP contribution in [0.25, 0.3) is 26.0 Å². The zero-order valence-electron chi connectivity index (χ0n) is 13.2. The lowest BCUT2D eigenvalue weighted by atomic mass is 10.2. The third-order valence-corrected chi connectivity index (χ3v) is 5.35. The SMILES string of the molecule is COc1ccnc2sc3c(=O)n(-c4ccc5c(c4)OCO5)ccc3c12. The highest BCUT2D eigenvalue weighted by molar-refractivity contribution is 7.25. The maximum absolute atomic E-state index is 13.0. The summed E-state index contributed by atoms with van der Waals surface area (Å²) in [6.07, 6.45) is 3.45. The number of nitrogens with zero attached hydrogens (tertiary/aromatic N) is 2. The molecular weight excluding hydrogens is 340 g/mol. The van der Waals surface area contributed by atoms with E-state index in [0.717, 1.165) is 27.0 Å². The van der Waals surface area contributed by atoms with Crippen LogP contribution in [0.15, 0.2) is 47.5 Å². The zero-order valence-corrected chi connectivity index (χ0v) is 14.0. The molecule has 1 aliphatic rings. The Hall–Kier alpha value is -3.06. The minimum Gasteiger partial charge on any atom is -0.496 e. The summed E-state index contributed by atoms with van der Waals surface area (Å²) in [6, 6.07) is 9.18. The molecular formula is C18H12N2O4S. The summed E-state index contributed by atoms with van der Waals surface area (Å²) in [5.41, 5.74) is 0.634. The van der Waals surface area contributed by atoms with Crippen molar-refractivity contribution in [1.29, 1.82) is 0 Å². The Morgan fingerprint density at radius 2 is 2.08 bits per heavy atom. The average molecular weight is 352 g/mol. The van der Waals surface area contributed by atoms with E-state index in [1.807, 2.05) is 24.3 Å². The number of methoxy groups -OCH3 is 1. The molecule has 6 nitrogen and oxygen atoms in total. The molecule has 0 saturated carbocycles. The molecule has 0 unspecified atom stereocenters. The summed E-state index contributed by atoms with van der Waals surface area (Å²) in [5.74, 6) is 2.05. The molecule has 0 amide bonds.